The van der Waals surface area contributed by atoms with Crippen LogP contribution in [0.3, 0.4) is 0 Å². The predicted molar refractivity (Wildman–Crippen MR) is 67.3 cm³/mol. The summed E-state index contributed by atoms with van der Waals surface area (Å²) in [7, 11) is 0. The Balaban J connectivity index is 2.06. The Morgan fingerprint density at radius 2 is 2.11 bits per heavy atom. The van der Waals surface area contributed by atoms with E-state index in [1.54, 1.807) is 24.4 Å². The first kappa shape index (κ1) is 12.7. The fraction of sp³-hybridized carbons (Fsp3) is 0.231. The standard InChI is InChI=1S/C13H12FNO2S/c1-2-17-13(16)11-8-18-12(15-11)7-9-3-5-10(14)6-4-9/h3-6,8H,2,7H2,1H3. The molecule has 2 rings (SSSR count). The number of ether oxygens (including phenoxy) is 1. The highest BCUT2D eigenvalue weighted by molar-refractivity contribution is 7.09. The van der Waals surface area contributed by atoms with Gasteiger partial charge in [-0.2, -0.15) is 0 Å². The van der Waals surface area contributed by atoms with Crippen molar-refractivity contribution in [1.29, 1.82) is 0 Å². The van der Waals surface area contributed by atoms with Crippen molar-refractivity contribution in [3.05, 3.63) is 51.7 Å². The molecule has 2 aromatic rings. The van der Waals surface area contributed by atoms with Gasteiger partial charge < -0.3 is 4.74 Å². The number of nitrogens with zero attached hydrogens (tertiary/aromatic N) is 1. The molecule has 0 aliphatic heterocycles. The highest BCUT2D eigenvalue weighted by atomic mass is 32.1. The Kier molecular flexibility index (Phi) is 4.04. The lowest BCUT2D eigenvalue weighted by Gasteiger charge is -1.98. The SMILES string of the molecule is CCOC(=O)c1csc(Cc2ccc(F)cc2)n1. The maximum Gasteiger partial charge on any atom is 0.357 e. The van der Waals surface area contributed by atoms with Crippen LogP contribution in [0.5, 0.6) is 0 Å². The van der Waals surface area contributed by atoms with Crippen molar-refractivity contribution < 1.29 is 13.9 Å². The molecule has 94 valence electrons. The third kappa shape index (κ3) is 3.13. The van der Waals surface area contributed by atoms with Crippen LogP contribution in [-0.4, -0.2) is 17.6 Å². The molecular formula is C13H12FNO2S. The van der Waals surface area contributed by atoms with Gasteiger partial charge in [-0.3, -0.25) is 0 Å². The zero-order chi connectivity index (χ0) is 13.0. The van der Waals surface area contributed by atoms with E-state index in [1.165, 1.54) is 23.5 Å². The maximum absolute atomic E-state index is 12.7. The minimum atomic E-state index is -0.404. The molecule has 5 heteroatoms. The van der Waals surface area contributed by atoms with E-state index in [0.717, 1.165) is 10.6 Å². The molecule has 0 amide bonds. The van der Waals surface area contributed by atoms with E-state index >= 15 is 0 Å². The summed E-state index contributed by atoms with van der Waals surface area (Å²) in [6.07, 6.45) is 0.588. The molecule has 0 atom stereocenters. The minimum absolute atomic E-state index is 0.259. The second-order valence-corrected chi connectivity index (χ2v) is 4.59. The van der Waals surface area contributed by atoms with Crippen LogP contribution in [0.15, 0.2) is 29.6 Å². The van der Waals surface area contributed by atoms with Crippen LogP contribution in [0.1, 0.15) is 28.0 Å². The van der Waals surface area contributed by atoms with Gasteiger partial charge in [0, 0.05) is 11.8 Å². The summed E-state index contributed by atoms with van der Waals surface area (Å²) in [4.78, 5) is 15.6. The molecule has 0 saturated heterocycles. The Morgan fingerprint density at radius 3 is 2.78 bits per heavy atom. The molecule has 0 aliphatic carbocycles. The van der Waals surface area contributed by atoms with Gasteiger partial charge in [0.25, 0.3) is 0 Å². The van der Waals surface area contributed by atoms with Crippen LogP contribution < -0.4 is 0 Å². The van der Waals surface area contributed by atoms with Crippen LogP contribution in [-0.2, 0) is 11.2 Å². The highest BCUT2D eigenvalue weighted by Crippen LogP contribution is 2.15. The summed E-state index contributed by atoms with van der Waals surface area (Å²) in [6.45, 7) is 2.09. The van der Waals surface area contributed by atoms with Gasteiger partial charge in [-0.25, -0.2) is 14.2 Å². The number of halogens is 1. The molecular weight excluding hydrogens is 253 g/mol. The summed E-state index contributed by atoms with van der Waals surface area (Å²) in [6, 6.07) is 6.24. The highest BCUT2D eigenvalue weighted by Gasteiger charge is 2.11. The van der Waals surface area contributed by atoms with Crippen molar-refractivity contribution in [2.45, 2.75) is 13.3 Å². The van der Waals surface area contributed by atoms with Gasteiger partial charge in [0.1, 0.15) is 5.82 Å². The summed E-state index contributed by atoms with van der Waals surface area (Å²) < 4.78 is 17.6. The van der Waals surface area contributed by atoms with Crippen LogP contribution in [0, 0.1) is 5.82 Å². The molecule has 0 N–H and O–H groups in total. The molecule has 0 radical (unpaired) electrons. The number of benzene rings is 1. The average molecular weight is 265 g/mol. The van der Waals surface area contributed by atoms with Gasteiger partial charge in [0.05, 0.1) is 11.6 Å². The van der Waals surface area contributed by atoms with Crippen molar-refractivity contribution in [3.8, 4) is 0 Å². The van der Waals surface area contributed by atoms with Crippen LogP contribution in [0.25, 0.3) is 0 Å². The van der Waals surface area contributed by atoms with Gasteiger partial charge in [0.2, 0.25) is 0 Å². The molecule has 0 spiro atoms. The lowest BCUT2D eigenvalue weighted by molar-refractivity contribution is 0.0520. The summed E-state index contributed by atoms with van der Waals surface area (Å²) in [5, 5.41) is 2.49. The molecule has 0 fully saturated rings. The number of carbonyl (C=O) groups excluding carboxylic acids is 1. The number of aromatic nitrogens is 1. The fourth-order valence-corrected chi connectivity index (χ4v) is 2.27. The van der Waals surface area contributed by atoms with Crippen molar-refractivity contribution in [3.63, 3.8) is 0 Å². The summed E-state index contributed by atoms with van der Waals surface area (Å²) >= 11 is 1.40. The molecule has 0 bridgehead atoms. The number of rotatable bonds is 4. The largest absolute Gasteiger partial charge is 0.461 e. The lowest BCUT2D eigenvalue weighted by atomic mass is 10.1. The Bertz CT molecular complexity index is 536. The Labute approximate surface area is 108 Å². The van der Waals surface area contributed by atoms with E-state index in [4.69, 9.17) is 4.74 Å². The molecule has 1 aromatic carbocycles. The smallest absolute Gasteiger partial charge is 0.357 e. The van der Waals surface area contributed by atoms with Crippen molar-refractivity contribution in [1.82, 2.24) is 4.98 Å². The summed E-state index contributed by atoms with van der Waals surface area (Å²) in [5.74, 6) is -0.663. The van der Waals surface area contributed by atoms with E-state index in [-0.39, 0.29) is 5.82 Å². The Morgan fingerprint density at radius 1 is 1.39 bits per heavy atom. The zero-order valence-corrected chi connectivity index (χ0v) is 10.7. The van der Waals surface area contributed by atoms with E-state index < -0.39 is 5.97 Å². The van der Waals surface area contributed by atoms with E-state index in [1.807, 2.05) is 0 Å². The number of thiazole rings is 1. The van der Waals surface area contributed by atoms with Gasteiger partial charge in [-0.15, -0.1) is 11.3 Å². The normalized spacial score (nSPS) is 10.3. The molecule has 18 heavy (non-hydrogen) atoms. The minimum Gasteiger partial charge on any atom is -0.461 e. The van der Waals surface area contributed by atoms with E-state index in [2.05, 4.69) is 4.98 Å². The van der Waals surface area contributed by atoms with E-state index in [0.29, 0.717) is 18.7 Å². The monoisotopic (exact) mass is 265 g/mol. The van der Waals surface area contributed by atoms with E-state index in [9.17, 15) is 9.18 Å². The lowest BCUT2D eigenvalue weighted by Crippen LogP contribution is -2.05. The van der Waals surface area contributed by atoms with Crippen LogP contribution >= 0.6 is 11.3 Å². The molecule has 0 unspecified atom stereocenters. The van der Waals surface area contributed by atoms with Gasteiger partial charge in [-0.1, -0.05) is 12.1 Å². The average Bonchev–Trinajstić information content (AvgIpc) is 2.81. The number of hydrogen-bond donors (Lipinski definition) is 0. The predicted octanol–water partition coefficient (Wildman–Crippen LogP) is 3.05. The van der Waals surface area contributed by atoms with Crippen LogP contribution in [0.2, 0.25) is 0 Å². The van der Waals surface area contributed by atoms with Crippen molar-refractivity contribution in [2.75, 3.05) is 6.61 Å². The topological polar surface area (TPSA) is 39.2 Å². The van der Waals surface area contributed by atoms with Gasteiger partial charge >= 0.3 is 5.97 Å². The first-order chi connectivity index (χ1) is 8.69. The van der Waals surface area contributed by atoms with Gasteiger partial charge in [0.15, 0.2) is 5.69 Å². The fourth-order valence-electron chi connectivity index (χ4n) is 1.47. The molecule has 3 nitrogen and oxygen atoms in total. The first-order valence-electron chi connectivity index (χ1n) is 5.55. The third-order valence-corrected chi connectivity index (χ3v) is 3.15. The quantitative estimate of drug-likeness (QED) is 0.798. The first-order valence-corrected chi connectivity index (χ1v) is 6.43. The Hall–Kier alpha value is -1.75. The number of carbonyl (C=O) groups is 1. The van der Waals surface area contributed by atoms with Crippen molar-refractivity contribution in [2.24, 2.45) is 0 Å². The third-order valence-electron chi connectivity index (χ3n) is 2.30. The second kappa shape index (κ2) is 5.73. The van der Waals surface area contributed by atoms with Crippen LogP contribution in [0.4, 0.5) is 4.39 Å². The molecule has 1 aromatic heterocycles. The summed E-state index contributed by atoms with van der Waals surface area (Å²) in [5.41, 5.74) is 1.29. The van der Waals surface area contributed by atoms with Crippen molar-refractivity contribution >= 4 is 17.3 Å². The van der Waals surface area contributed by atoms with Gasteiger partial charge in [-0.05, 0) is 24.6 Å². The molecule has 1 heterocycles. The molecule has 0 saturated carbocycles. The number of esters is 1. The number of hydrogen-bond acceptors (Lipinski definition) is 4. The zero-order valence-electron chi connectivity index (χ0n) is 9.85. The molecule has 0 aliphatic rings. The second-order valence-electron chi connectivity index (χ2n) is 3.65. The maximum atomic E-state index is 12.7.